The zero-order valence-electron chi connectivity index (χ0n) is 13.6. The first-order chi connectivity index (χ1) is 11.4. The summed E-state index contributed by atoms with van der Waals surface area (Å²) in [6.45, 7) is 1.44. The number of carbonyl (C=O) groups excluding carboxylic acids is 1. The molecule has 1 unspecified atom stereocenters. The minimum Gasteiger partial charge on any atom is -0.492 e. The van der Waals surface area contributed by atoms with Crippen molar-refractivity contribution in [2.24, 2.45) is 11.7 Å². The second kappa shape index (κ2) is 9.84. The van der Waals surface area contributed by atoms with E-state index in [0.717, 1.165) is 25.0 Å². The Morgan fingerprint density at radius 2 is 2.04 bits per heavy atom. The van der Waals surface area contributed by atoms with Crippen molar-refractivity contribution in [3.63, 3.8) is 0 Å². The molecular weight excluding hydrogens is 361 g/mol. The van der Waals surface area contributed by atoms with Crippen molar-refractivity contribution in [2.75, 3.05) is 26.4 Å². The molecule has 1 aliphatic rings. The van der Waals surface area contributed by atoms with Gasteiger partial charge in [-0.05, 0) is 37.0 Å². The van der Waals surface area contributed by atoms with E-state index in [1.807, 2.05) is 0 Å². The molecule has 0 saturated carbocycles. The van der Waals surface area contributed by atoms with Crippen molar-refractivity contribution in [3.8, 4) is 5.75 Å². The van der Waals surface area contributed by atoms with Crippen molar-refractivity contribution in [1.82, 2.24) is 5.32 Å². The monoisotopic (exact) mass is 382 g/mol. The fraction of sp³-hybridized carbons (Fsp3) is 0.562. The van der Waals surface area contributed by atoms with Crippen molar-refractivity contribution in [2.45, 2.75) is 25.1 Å². The van der Waals surface area contributed by atoms with E-state index < -0.39 is 17.8 Å². The average Bonchev–Trinajstić information content (AvgIpc) is 2.58. The molecule has 1 atom stereocenters. The summed E-state index contributed by atoms with van der Waals surface area (Å²) < 4.78 is 48.2. The van der Waals surface area contributed by atoms with Gasteiger partial charge in [0.25, 0.3) is 0 Å². The summed E-state index contributed by atoms with van der Waals surface area (Å²) in [6.07, 6.45) is -2.92. The maximum absolute atomic E-state index is 12.6. The van der Waals surface area contributed by atoms with Crippen LogP contribution in [0.2, 0.25) is 0 Å². The predicted octanol–water partition coefficient (Wildman–Crippen LogP) is 2.38. The largest absolute Gasteiger partial charge is 0.492 e. The molecule has 1 fully saturated rings. The van der Waals surface area contributed by atoms with Crippen LogP contribution >= 0.6 is 12.4 Å². The predicted molar refractivity (Wildman–Crippen MR) is 88.7 cm³/mol. The maximum Gasteiger partial charge on any atom is 0.416 e. The molecule has 5 nitrogen and oxygen atoms in total. The summed E-state index contributed by atoms with van der Waals surface area (Å²) in [5, 5.41) is 2.64. The number of nitrogens with two attached hydrogens (primary N) is 1. The van der Waals surface area contributed by atoms with E-state index in [-0.39, 0.29) is 43.1 Å². The van der Waals surface area contributed by atoms with Gasteiger partial charge in [0.2, 0.25) is 5.91 Å². The highest BCUT2D eigenvalue weighted by atomic mass is 35.5. The van der Waals surface area contributed by atoms with Crippen LogP contribution in [0.1, 0.15) is 18.4 Å². The number of hydrogen-bond acceptors (Lipinski definition) is 4. The van der Waals surface area contributed by atoms with Crippen LogP contribution in [0, 0.1) is 5.92 Å². The molecule has 3 N–H and O–H groups in total. The minimum atomic E-state index is -4.41. The fourth-order valence-electron chi connectivity index (χ4n) is 2.51. The summed E-state index contributed by atoms with van der Waals surface area (Å²) in [7, 11) is 0. The van der Waals surface area contributed by atoms with Crippen LogP contribution in [-0.2, 0) is 15.7 Å². The van der Waals surface area contributed by atoms with Gasteiger partial charge in [-0.2, -0.15) is 13.2 Å². The van der Waals surface area contributed by atoms with E-state index in [1.54, 1.807) is 0 Å². The third-order valence-corrected chi connectivity index (χ3v) is 3.91. The number of benzene rings is 1. The van der Waals surface area contributed by atoms with Gasteiger partial charge in [-0.1, -0.05) is 6.07 Å². The van der Waals surface area contributed by atoms with Gasteiger partial charge < -0.3 is 20.5 Å². The summed E-state index contributed by atoms with van der Waals surface area (Å²) in [6, 6.07) is 4.00. The molecule has 1 heterocycles. The maximum atomic E-state index is 12.6. The van der Waals surface area contributed by atoms with Crippen LogP contribution < -0.4 is 15.8 Å². The van der Waals surface area contributed by atoms with E-state index in [1.165, 1.54) is 12.1 Å². The molecule has 2 rings (SSSR count). The summed E-state index contributed by atoms with van der Waals surface area (Å²) in [5.74, 6) is -0.0921. The van der Waals surface area contributed by atoms with E-state index in [0.29, 0.717) is 13.2 Å². The second-order valence-electron chi connectivity index (χ2n) is 5.64. The van der Waals surface area contributed by atoms with Crippen LogP contribution in [0.3, 0.4) is 0 Å². The number of halogens is 4. The lowest BCUT2D eigenvalue weighted by molar-refractivity contribution is -0.137. The molecule has 0 radical (unpaired) electrons. The summed E-state index contributed by atoms with van der Waals surface area (Å²) >= 11 is 0. The molecule has 0 aromatic heterocycles. The third-order valence-electron chi connectivity index (χ3n) is 3.91. The van der Waals surface area contributed by atoms with Crippen molar-refractivity contribution in [1.29, 1.82) is 0 Å². The molecule has 0 spiro atoms. The number of alkyl halides is 3. The van der Waals surface area contributed by atoms with Gasteiger partial charge in [-0.15, -0.1) is 12.4 Å². The first-order valence-electron chi connectivity index (χ1n) is 7.79. The highest BCUT2D eigenvalue weighted by molar-refractivity contribution is 5.85. The molecule has 1 saturated heterocycles. The summed E-state index contributed by atoms with van der Waals surface area (Å²) in [4.78, 5) is 12.0. The Labute approximate surface area is 150 Å². The number of amides is 1. The van der Waals surface area contributed by atoms with Gasteiger partial charge in [-0.3, -0.25) is 4.79 Å². The molecule has 1 amide bonds. The lowest BCUT2D eigenvalue weighted by atomic mass is 9.92. The third kappa shape index (κ3) is 6.72. The number of nitrogens with one attached hydrogen (secondary N) is 1. The van der Waals surface area contributed by atoms with Gasteiger partial charge >= 0.3 is 6.18 Å². The van der Waals surface area contributed by atoms with Gasteiger partial charge in [0.05, 0.1) is 18.2 Å². The minimum absolute atomic E-state index is 0. The molecule has 142 valence electrons. The number of hydrogen-bond donors (Lipinski definition) is 2. The second-order valence-corrected chi connectivity index (χ2v) is 5.64. The summed E-state index contributed by atoms with van der Waals surface area (Å²) in [5.41, 5.74) is 5.15. The van der Waals surface area contributed by atoms with Crippen LogP contribution in [0.15, 0.2) is 24.3 Å². The molecule has 0 bridgehead atoms. The Hall–Kier alpha value is -1.51. The standard InChI is InChI=1S/C16H21F3N2O3.ClH/c17-16(18,19)12-2-1-3-13(10-12)24-9-6-21-15(22)14(20)11-4-7-23-8-5-11;/h1-3,10-11,14H,4-9,20H2,(H,21,22);1H. The molecular formula is C16H22ClF3N2O3. The molecule has 1 aliphatic heterocycles. The average molecular weight is 383 g/mol. The molecule has 9 heteroatoms. The molecule has 25 heavy (non-hydrogen) atoms. The number of carbonyl (C=O) groups is 1. The smallest absolute Gasteiger partial charge is 0.416 e. The molecule has 1 aromatic rings. The van der Waals surface area contributed by atoms with Crippen LogP contribution in [0.25, 0.3) is 0 Å². The fourth-order valence-corrected chi connectivity index (χ4v) is 2.51. The van der Waals surface area contributed by atoms with E-state index in [4.69, 9.17) is 15.2 Å². The first kappa shape index (κ1) is 21.5. The zero-order chi connectivity index (χ0) is 17.6. The SMILES string of the molecule is Cl.NC(C(=O)NCCOc1cccc(C(F)(F)F)c1)C1CCOCC1. The van der Waals surface area contributed by atoms with Gasteiger partial charge in [0, 0.05) is 13.2 Å². The van der Waals surface area contributed by atoms with Crippen LogP contribution in [-0.4, -0.2) is 38.3 Å². The molecule has 1 aromatic carbocycles. The number of ether oxygens (including phenoxy) is 2. The lowest BCUT2D eigenvalue weighted by Gasteiger charge is -2.26. The van der Waals surface area contributed by atoms with Gasteiger partial charge in [-0.25, -0.2) is 0 Å². The quantitative estimate of drug-likeness (QED) is 0.741. The normalized spacial score (nSPS) is 16.6. The van der Waals surface area contributed by atoms with Crippen molar-refractivity contribution < 1.29 is 27.4 Å². The molecule has 0 aliphatic carbocycles. The van der Waals surface area contributed by atoms with Gasteiger partial charge in [0.1, 0.15) is 12.4 Å². The van der Waals surface area contributed by atoms with E-state index in [9.17, 15) is 18.0 Å². The lowest BCUT2D eigenvalue weighted by Crippen LogP contribution is -2.47. The topological polar surface area (TPSA) is 73.6 Å². The van der Waals surface area contributed by atoms with E-state index in [2.05, 4.69) is 5.32 Å². The van der Waals surface area contributed by atoms with Crippen LogP contribution in [0.4, 0.5) is 13.2 Å². The van der Waals surface area contributed by atoms with Crippen molar-refractivity contribution in [3.05, 3.63) is 29.8 Å². The Kier molecular flexibility index (Phi) is 8.47. The zero-order valence-corrected chi connectivity index (χ0v) is 14.4. The van der Waals surface area contributed by atoms with Crippen molar-refractivity contribution >= 4 is 18.3 Å². The Morgan fingerprint density at radius 3 is 2.68 bits per heavy atom. The Bertz CT molecular complexity index is 552. The number of rotatable bonds is 6. The Morgan fingerprint density at radius 1 is 1.36 bits per heavy atom. The highest BCUT2D eigenvalue weighted by Gasteiger charge is 2.30. The van der Waals surface area contributed by atoms with Gasteiger partial charge in [0.15, 0.2) is 0 Å². The first-order valence-corrected chi connectivity index (χ1v) is 7.79. The van der Waals surface area contributed by atoms with E-state index >= 15 is 0 Å². The Balaban J connectivity index is 0.00000312. The van der Waals surface area contributed by atoms with Crippen LogP contribution in [0.5, 0.6) is 5.75 Å². The highest BCUT2D eigenvalue weighted by Crippen LogP contribution is 2.31.